The van der Waals surface area contributed by atoms with Crippen LogP contribution in [0.15, 0.2) is 23.2 Å². The zero-order chi connectivity index (χ0) is 9.68. The van der Waals surface area contributed by atoms with Gasteiger partial charge in [0, 0.05) is 5.69 Å². The number of aryl methyl sites for hydroxylation is 1. The van der Waals surface area contributed by atoms with Crippen molar-refractivity contribution in [2.75, 3.05) is 5.88 Å². The fourth-order valence-electron chi connectivity index (χ4n) is 0.912. The van der Waals surface area contributed by atoms with Crippen molar-refractivity contribution in [3.05, 3.63) is 29.6 Å². The summed E-state index contributed by atoms with van der Waals surface area (Å²) >= 11 is 5.47. The zero-order valence-electron chi connectivity index (χ0n) is 7.90. The third-order valence-corrected chi connectivity index (χ3v) is 1.80. The summed E-state index contributed by atoms with van der Waals surface area (Å²) < 4.78 is 0. The van der Waals surface area contributed by atoms with E-state index in [2.05, 4.69) is 9.98 Å². The van der Waals surface area contributed by atoms with Crippen LogP contribution in [0.25, 0.3) is 0 Å². The molecule has 5 heteroatoms. The van der Waals surface area contributed by atoms with E-state index in [4.69, 9.17) is 17.3 Å². The minimum absolute atomic E-state index is 0. The number of nitrogens with zero attached hydrogens (tertiary/aromatic N) is 2. The lowest BCUT2D eigenvalue weighted by molar-refractivity contribution is 0.965. The fraction of sp³-hybridized carbons (Fsp3) is 0.333. The molecule has 78 valence electrons. The van der Waals surface area contributed by atoms with Crippen molar-refractivity contribution in [3.8, 4) is 0 Å². The van der Waals surface area contributed by atoms with Crippen LogP contribution in [0, 0.1) is 6.92 Å². The molecule has 0 aliphatic heterocycles. The normalized spacial score (nSPS) is 10.9. The number of halogens is 2. The molecule has 0 saturated heterocycles. The van der Waals surface area contributed by atoms with Gasteiger partial charge in [-0.2, -0.15) is 0 Å². The van der Waals surface area contributed by atoms with Gasteiger partial charge in [0.25, 0.3) is 0 Å². The molecular weight excluding hydrogens is 221 g/mol. The van der Waals surface area contributed by atoms with E-state index in [0.29, 0.717) is 12.4 Å². The number of hydrogen-bond donors (Lipinski definition) is 1. The first kappa shape index (κ1) is 13.2. The Hall–Kier alpha value is -0.800. The quantitative estimate of drug-likeness (QED) is 0.493. The summed E-state index contributed by atoms with van der Waals surface area (Å²) in [5.41, 5.74) is 7.34. The molecule has 0 saturated carbocycles. The molecule has 0 fully saturated rings. The Morgan fingerprint density at radius 1 is 1.57 bits per heavy atom. The van der Waals surface area contributed by atoms with E-state index in [1.807, 2.05) is 25.1 Å². The second-order valence-corrected chi connectivity index (χ2v) is 2.98. The second-order valence-electron chi connectivity index (χ2n) is 2.71. The van der Waals surface area contributed by atoms with E-state index >= 15 is 0 Å². The van der Waals surface area contributed by atoms with E-state index in [1.54, 1.807) is 0 Å². The number of nitrogens with two attached hydrogens (primary N) is 1. The number of hydrogen-bond acceptors (Lipinski definition) is 2. The second kappa shape index (κ2) is 6.62. The number of aromatic nitrogens is 1. The van der Waals surface area contributed by atoms with Crippen molar-refractivity contribution in [1.29, 1.82) is 0 Å². The number of rotatable bonds is 3. The molecule has 0 bridgehead atoms. The van der Waals surface area contributed by atoms with Gasteiger partial charge >= 0.3 is 0 Å². The number of alkyl halides is 1. The number of amidine groups is 1. The monoisotopic (exact) mass is 233 g/mol. The topological polar surface area (TPSA) is 51.3 Å². The molecule has 0 aromatic carbocycles. The molecule has 0 aliphatic rings. The van der Waals surface area contributed by atoms with Crippen LogP contribution >= 0.6 is 24.0 Å². The molecule has 1 rings (SSSR count). The van der Waals surface area contributed by atoms with Crippen LogP contribution in [0.2, 0.25) is 0 Å². The van der Waals surface area contributed by atoms with Crippen LogP contribution in [0.5, 0.6) is 0 Å². The third kappa shape index (κ3) is 4.44. The fourth-order valence-corrected chi connectivity index (χ4v) is 0.997. The molecule has 0 spiro atoms. The molecule has 0 amide bonds. The van der Waals surface area contributed by atoms with Crippen LogP contribution in [0.3, 0.4) is 0 Å². The predicted molar refractivity (Wildman–Crippen MR) is 62.3 cm³/mol. The SMILES string of the molecule is Cc1cccc(CN=C(N)CCl)n1.Cl. The standard InChI is InChI=1S/C9H12ClN3.ClH/c1-7-3-2-4-8(13-7)6-12-9(11)5-10;/h2-4H,5-6H2,1H3,(H2,11,12);1H. The number of aliphatic imine (C=N–C) groups is 1. The molecule has 14 heavy (non-hydrogen) atoms. The molecular formula is C9H13Cl2N3. The molecule has 1 aromatic heterocycles. The average Bonchev–Trinajstić information content (AvgIpc) is 2.14. The van der Waals surface area contributed by atoms with Crippen LogP contribution < -0.4 is 5.73 Å². The third-order valence-electron chi connectivity index (χ3n) is 1.53. The van der Waals surface area contributed by atoms with Crippen LogP contribution in [0.4, 0.5) is 0 Å². The first-order chi connectivity index (χ1) is 6.22. The van der Waals surface area contributed by atoms with Crippen LogP contribution in [-0.2, 0) is 6.54 Å². The summed E-state index contributed by atoms with van der Waals surface area (Å²) in [4.78, 5) is 8.33. The largest absolute Gasteiger partial charge is 0.386 e. The predicted octanol–water partition coefficient (Wildman–Crippen LogP) is 1.91. The van der Waals surface area contributed by atoms with Gasteiger partial charge in [0.05, 0.1) is 18.1 Å². The lowest BCUT2D eigenvalue weighted by Gasteiger charge is -1.98. The summed E-state index contributed by atoms with van der Waals surface area (Å²) in [7, 11) is 0. The lowest BCUT2D eigenvalue weighted by atomic mass is 10.3. The molecule has 0 atom stereocenters. The molecule has 0 aliphatic carbocycles. The van der Waals surface area contributed by atoms with Gasteiger partial charge in [0.15, 0.2) is 0 Å². The van der Waals surface area contributed by atoms with Crippen molar-refractivity contribution < 1.29 is 0 Å². The Morgan fingerprint density at radius 2 is 2.29 bits per heavy atom. The van der Waals surface area contributed by atoms with Gasteiger partial charge in [0.1, 0.15) is 5.84 Å². The minimum atomic E-state index is 0. The molecule has 1 heterocycles. The molecule has 2 N–H and O–H groups in total. The molecule has 3 nitrogen and oxygen atoms in total. The van der Waals surface area contributed by atoms with E-state index in [9.17, 15) is 0 Å². The Bertz CT molecular complexity index is 313. The maximum Gasteiger partial charge on any atom is 0.109 e. The molecule has 0 radical (unpaired) electrons. The van der Waals surface area contributed by atoms with Crippen LogP contribution in [-0.4, -0.2) is 16.7 Å². The Balaban J connectivity index is 0.00000169. The highest BCUT2D eigenvalue weighted by molar-refractivity contribution is 6.27. The van der Waals surface area contributed by atoms with Gasteiger partial charge in [0.2, 0.25) is 0 Å². The summed E-state index contributed by atoms with van der Waals surface area (Å²) in [5, 5.41) is 0. The molecule has 1 aromatic rings. The van der Waals surface area contributed by atoms with Gasteiger partial charge in [-0.15, -0.1) is 24.0 Å². The van der Waals surface area contributed by atoms with Crippen molar-refractivity contribution in [3.63, 3.8) is 0 Å². The minimum Gasteiger partial charge on any atom is -0.386 e. The Labute approximate surface area is 94.8 Å². The Kier molecular flexibility index (Phi) is 6.25. The first-order valence-corrected chi connectivity index (χ1v) is 4.53. The van der Waals surface area contributed by atoms with Gasteiger partial charge in [-0.3, -0.25) is 9.98 Å². The number of pyridine rings is 1. The van der Waals surface area contributed by atoms with Crippen LogP contribution in [0.1, 0.15) is 11.4 Å². The first-order valence-electron chi connectivity index (χ1n) is 3.99. The van der Waals surface area contributed by atoms with Crippen molar-refractivity contribution in [1.82, 2.24) is 4.98 Å². The highest BCUT2D eigenvalue weighted by atomic mass is 35.5. The highest BCUT2D eigenvalue weighted by Gasteiger charge is 1.93. The van der Waals surface area contributed by atoms with E-state index in [0.717, 1.165) is 11.4 Å². The van der Waals surface area contributed by atoms with Crippen molar-refractivity contribution in [2.45, 2.75) is 13.5 Å². The van der Waals surface area contributed by atoms with E-state index in [1.165, 1.54) is 0 Å². The molecule has 0 unspecified atom stereocenters. The van der Waals surface area contributed by atoms with E-state index < -0.39 is 0 Å². The van der Waals surface area contributed by atoms with Gasteiger partial charge in [-0.25, -0.2) is 0 Å². The Morgan fingerprint density at radius 3 is 2.86 bits per heavy atom. The van der Waals surface area contributed by atoms with Gasteiger partial charge < -0.3 is 5.73 Å². The zero-order valence-corrected chi connectivity index (χ0v) is 9.48. The van der Waals surface area contributed by atoms with Gasteiger partial charge in [-0.1, -0.05) is 6.07 Å². The smallest absolute Gasteiger partial charge is 0.109 e. The summed E-state index contributed by atoms with van der Waals surface area (Å²) in [6, 6.07) is 5.81. The van der Waals surface area contributed by atoms with Gasteiger partial charge in [-0.05, 0) is 19.1 Å². The van der Waals surface area contributed by atoms with Crippen molar-refractivity contribution >= 4 is 29.8 Å². The summed E-state index contributed by atoms with van der Waals surface area (Å²) in [6.07, 6.45) is 0. The maximum absolute atomic E-state index is 5.47. The van der Waals surface area contributed by atoms with Crippen molar-refractivity contribution in [2.24, 2.45) is 10.7 Å². The maximum atomic E-state index is 5.47. The summed E-state index contributed by atoms with van der Waals surface area (Å²) in [5.74, 6) is 0.719. The van der Waals surface area contributed by atoms with E-state index in [-0.39, 0.29) is 18.3 Å². The highest BCUT2D eigenvalue weighted by Crippen LogP contribution is 1.99. The lowest BCUT2D eigenvalue weighted by Crippen LogP contribution is -2.13. The summed E-state index contributed by atoms with van der Waals surface area (Å²) in [6.45, 7) is 2.44. The average molecular weight is 234 g/mol.